The van der Waals surface area contributed by atoms with Gasteiger partial charge in [-0.25, -0.2) is 4.98 Å². The van der Waals surface area contributed by atoms with Gasteiger partial charge in [-0.05, 0) is 56.2 Å². The normalized spacial score (nSPS) is 18.2. The SMILES string of the molecule is Cc1nc2cc(Cl)ccc2n1[C@@H](C)c1ccc(C(=O)N2CC[C@H](N)C2)cc1. The zero-order chi connectivity index (χ0) is 19.1. The number of benzene rings is 2. The molecule has 0 radical (unpaired) electrons. The van der Waals surface area contributed by atoms with Crippen LogP contribution in [0.25, 0.3) is 11.0 Å². The molecular formula is C21H23ClN4O. The number of hydrogen-bond acceptors (Lipinski definition) is 3. The van der Waals surface area contributed by atoms with Gasteiger partial charge in [-0.15, -0.1) is 0 Å². The Hall–Kier alpha value is -2.37. The zero-order valence-electron chi connectivity index (χ0n) is 15.5. The molecule has 3 aromatic rings. The molecule has 0 unspecified atom stereocenters. The minimum atomic E-state index is 0.0565. The summed E-state index contributed by atoms with van der Waals surface area (Å²) in [5.41, 5.74) is 9.70. The summed E-state index contributed by atoms with van der Waals surface area (Å²) < 4.78 is 2.20. The van der Waals surface area contributed by atoms with Gasteiger partial charge in [0.15, 0.2) is 0 Å². The summed E-state index contributed by atoms with van der Waals surface area (Å²) in [7, 11) is 0. The lowest BCUT2D eigenvalue weighted by Crippen LogP contribution is -2.31. The van der Waals surface area contributed by atoms with Crippen molar-refractivity contribution in [1.82, 2.24) is 14.5 Å². The molecule has 0 aliphatic carbocycles. The Kier molecular flexibility index (Phi) is 4.66. The van der Waals surface area contributed by atoms with Gasteiger partial charge < -0.3 is 15.2 Å². The van der Waals surface area contributed by atoms with E-state index < -0.39 is 0 Å². The Balaban J connectivity index is 1.61. The van der Waals surface area contributed by atoms with Crippen LogP contribution in [0.15, 0.2) is 42.5 Å². The molecule has 27 heavy (non-hydrogen) atoms. The summed E-state index contributed by atoms with van der Waals surface area (Å²) in [4.78, 5) is 19.1. The maximum absolute atomic E-state index is 12.6. The highest BCUT2D eigenvalue weighted by Crippen LogP contribution is 2.28. The van der Waals surface area contributed by atoms with Crippen LogP contribution < -0.4 is 5.73 Å². The molecule has 0 bridgehead atoms. The number of amides is 1. The second kappa shape index (κ2) is 6.98. The molecule has 1 amide bonds. The highest BCUT2D eigenvalue weighted by Gasteiger charge is 2.24. The molecule has 140 valence electrons. The topological polar surface area (TPSA) is 64.2 Å². The number of carbonyl (C=O) groups is 1. The first-order valence-corrected chi connectivity index (χ1v) is 9.61. The van der Waals surface area contributed by atoms with Gasteiger partial charge in [0.05, 0.1) is 17.1 Å². The van der Waals surface area contributed by atoms with Gasteiger partial charge in [0, 0.05) is 29.7 Å². The highest BCUT2D eigenvalue weighted by atomic mass is 35.5. The number of nitrogens with zero attached hydrogens (tertiary/aromatic N) is 3. The number of likely N-dealkylation sites (tertiary alicyclic amines) is 1. The first kappa shape index (κ1) is 18.0. The van der Waals surface area contributed by atoms with Gasteiger partial charge >= 0.3 is 0 Å². The molecule has 2 heterocycles. The van der Waals surface area contributed by atoms with Crippen LogP contribution in [0.2, 0.25) is 5.02 Å². The van der Waals surface area contributed by atoms with Crippen molar-refractivity contribution >= 4 is 28.5 Å². The van der Waals surface area contributed by atoms with Crippen LogP contribution in [0.3, 0.4) is 0 Å². The Bertz CT molecular complexity index is 995. The lowest BCUT2D eigenvalue weighted by Gasteiger charge is -2.19. The number of fused-ring (bicyclic) bond motifs is 1. The monoisotopic (exact) mass is 382 g/mol. The maximum Gasteiger partial charge on any atom is 0.253 e. The van der Waals surface area contributed by atoms with E-state index >= 15 is 0 Å². The third kappa shape index (κ3) is 3.33. The third-order valence-corrected chi connectivity index (χ3v) is 5.60. The van der Waals surface area contributed by atoms with Crippen molar-refractivity contribution in [3.8, 4) is 0 Å². The maximum atomic E-state index is 12.6. The molecule has 2 aromatic carbocycles. The van der Waals surface area contributed by atoms with Crippen LogP contribution in [0.1, 0.15) is 41.1 Å². The van der Waals surface area contributed by atoms with E-state index in [4.69, 9.17) is 17.3 Å². The molecule has 1 aliphatic rings. The standard InChI is InChI=1S/C21H23ClN4O/c1-13(26-14(2)24-19-11-17(22)7-8-20(19)26)15-3-5-16(6-4-15)21(27)25-10-9-18(23)12-25/h3-8,11,13,18H,9-10,12,23H2,1-2H3/t13-,18-/m0/s1. The smallest absolute Gasteiger partial charge is 0.253 e. The molecule has 4 rings (SSSR count). The van der Waals surface area contributed by atoms with Crippen LogP contribution in [-0.4, -0.2) is 39.5 Å². The van der Waals surface area contributed by atoms with Crippen LogP contribution >= 0.6 is 11.6 Å². The van der Waals surface area contributed by atoms with E-state index in [1.807, 2.05) is 54.3 Å². The Morgan fingerprint density at radius 2 is 2.00 bits per heavy atom. The van der Waals surface area contributed by atoms with Crippen molar-refractivity contribution in [2.24, 2.45) is 5.73 Å². The fourth-order valence-corrected chi connectivity index (χ4v) is 4.06. The van der Waals surface area contributed by atoms with Crippen LogP contribution in [0, 0.1) is 6.92 Å². The average Bonchev–Trinajstić information content (AvgIpc) is 3.22. The van der Waals surface area contributed by atoms with Crippen molar-refractivity contribution in [2.75, 3.05) is 13.1 Å². The molecule has 2 atom stereocenters. The molecule has 0 saturated carbocycles. The summed E-state index contributed by atoms with van der Waals surface area (Å²) in [5.74, 6) is 0.993. The molecule has 2 N–H and O–H groups in total. The van der Waals surface area contributed by atoms with Gasteiger partial charge in [0.1, 0.15) is 5.82 Å². The number of carbonyl (C=O) groups excluding carboxylic acids is 1. The number of aryl methyl sites for hydroxylation is 1. The zero-order valence-corrected chi connectivity index (χ0v) is 16.3. The Morgan fingerprint density at radius 3 is 2.67 bits per heavy atom. The summed E-state index contributed by atoms with van der Waals surface area (Å²) in [6, 6.07) is 13.8. The molecule has 6 heteroatoms. The van der Waals surface area contributed by atoms with Gasteiger partial charge in [-0.1, -0.05) is 23.7 Å². The molecule has 1 aliphatic heterocycles. The summed E-state index contributed by atoms with van der Waals surface area (Å²) in [5, 5.41) is 0.685. The lowest BCUT2D eigenvalue weighted by atomic mass is 10.0. The predicted octanol–water partition coefficient (Wildman–Crippen LogP) is 3.78. The largest absolute Gasteiger partial charge is 0.337 e. The Morgan fingerprint density at radius 1 is 1.26 bits per heavy atom. The van der Waals surface area contributed by atoms with Gasteiger partial charge in [-0.2, -0.15) is 0 Å². The number of imidazole rings is 1. The number of hydrogen-bond donors (Lipinski definition) is 1. The molecule has 1 fully saturated rings. The summed E-state index contributed by atoms with van der Waals surface area (Å²) in [6.45, 7) is 5.51. The van der Waals surface area contributed by atoms with Crippen molar-refractivity contribution in [3.05, 3.63) is 64.4 Å². The minimum Gasteiger partial charge on any atom is -0.337 e. The van der Waals surface area contributed by atoms with E-state index in [-0.39, 0.29) is 18.0 Å². The van der Waals surface area contributed by atoms with Gasteiger partial charge in [0.25, 0.3) is 5.91 Å². The van der Waals surface area contributed by atoms with Crippen molar-refractivity contribution < 1.29 is 4.79 Å². The second-order valence-electron chi connectivity index (χ2n) is 7.26. The van der Waals surface area contributed by atoms with Crippen LogP contribution in [0.5, 0.6) is 0 Å². The van der Waals surface area contributed by atoms with E-state index in [2.05, 4.69) is 16.5 Å². The van der Waals surface area contributed by atoms with Gasteiger partial charge in [-0.3, -0.25) is 4.79 Å². The molecular weight excluding hydrogens is 360 g/mol. The minimum absolute atomic E-state index is 0.0565. The molecule has 0 spiro atoms. The summed E-state index contributed by atoms with van der Waals surface area (Å²) in [6.07, 6.45) is 0.873. The number of aromatic nitrogens is 2. The number of halogens is 1. The first-order chi connectivity index (χ1) is 12.9. The highest BCUT2D eigenvalue weighted by molar-refractivity contribution is 6.31. The van der Waals surface area contributed by atoms with Crippen molar-refractivity contribution in [1.29, 1.82) is 0 Å². The van der Waals surface area contributed by atoms with Crippen molar-refractivity contribution in [3.63, 3.8) is 0 Å². The first-order valence-electron chi connectivity index (χ1n) is 9.23. The van der Waals surface area contributed by atoms with Gasteiger partial charge in [0.2, 0.25) is 0 Å². The molecule has 5 nitrogen and oxygen atoms in total. The fourth-order valence-electron chi connectivity index (χ4n) is 3.89. The van der Waals surface area contributed by atoms with E-state index in [9.17, 15) is 4.79 Å². The van der Waals surface area contributed by atoms with Crippen molar-refractivity contribution in [2.45, 2.75) is 32.4 Å². The fraction of sp³-hybridized carbons (Fsp3) is 0.333. The molecule has 1 saturated heterocycles. The lowest BCUT2D eigenvalue weighted by molar-refractivity contribution is 0.0791. The Labute approximate surface area is 163 Å². The third-order valence-electron chi connectivity index (χ3n) is 5.37. The quantitative estimate of drug-likeness (QED) is 0.749. The van der Waals surface area contributed by atoms with Crippen LogP contribution in [-0.2, 0) is 0 Å². The average molecular weight is 383 g/mol. The number of nitrogens with two attached hydrogens (primary N) is 1. The molecule has 1 aromatic heterocycles. The van der Waals surface area contributed by atoms with E-state index in [1.165, 1.54) is 0 Å². The second-order valence-corrected chi connectivity index (χ2v) is 7.70. The van der Waals surface area contributed by atoms with E-state index in [0.717, 1.165) is 35.4 Å². The summed E-state index contributed by atoms with van der Waals surface area (Å²) >= 11 is 6.09. The van der Waals surface area contributed by atoms with Crippen LogP contribution in [0.4, 0.5) is 0 Å². The van der Waals surface area contributed by atoms with E-state index in [1.54, 1.807) is 0 Å². The van der Waals surface area contributed by atoms with E-state index in [0.29, 0.717) is 17.1 Å². The predicted molar refractivity (Wildman–Crippen MR) is 108 cm³/mol. The number of rotatable bonds is 3.